The van der Waals surface area contributed by atoms with Gasteiger partial charge in [-0.1, -0.05) is 6.92 Å². The first-order valence-electron chi connectivity index (χ1n) is 9.38. The Kier molecular flexibility index (Phi) is 2.89. The van der Waals surface area contributed by atoms with Crippen LogP contribution in [-0.4, -0.2) is 21.3 Å². The summed E-state index contributed by atoms with van der Waals surface area (Å²) in [5.74, 6) is 2.18. The summed E-state index contributed by atoms with van der Waals surface area (Å²) in [6.07, 6.45) is 8.51. The van der Waals surface area contributed by atoms with E-state index in [4.69, 9.17) is 23.2 Å². The number of aliphatic hydroxyl groups is 1. The van der Waals surface area contributed by atoms with Crippen LogP contribution in [0.3, 0.4) is 0 Å². The first-order chi connectivity index (χ1) is 10.8. The molecule has 1 N–H and O–H groups in total. The van der Waals surface area contributed by atoms with Gasteiger partial charge in [-0.25, -0.2) is 0 Å². The molecule has 0 aromatic carbocycles. The van der Waals surface area contributed by atoms with Gasteiger partial charge in [0.15, 0.2) is 0 Å². The molecule has 5 aliphatic carbocycles. The van der Waals surface area contributed by atoms with Crippen LogP contribution in [0.2, 0.25) is 0 Å². The van der Waals surface area contributed by atoms with Gasteiger partial charge in [-0.3, -0.25) is 4.79 Å². The average Bonchev–Trinajstić information content (AvgIpc) is 2.77. The van der Waals surface area contributed by atoms with Gasteiger partial charge in [-0.15, -0.1) is 23.2 Å². The van der Waals surface area contributed by atoms with Crippen molar-refractivity contribution < 1.29 is 9.90 Å². The molecule has 5 fully saturated rings. The van der Waals surface area contributed by atoms with Crippen molar-refractivity contribution in [3.63, 3.8) is 0 Å². The van der Waals surface area contributed by atoms with Gasteiger partial charge in [0.25, 0.3) is 0 Å². The molecule has 0 aromatic heterocycles. The van der Waals surface area contributed by atoms with Crippen LogP contribution in [-0.2, 0) is 4.79 Å². The van der Waals surface area contributed by atoms with Crippen LogP contribution >= 0.6 is 23.2 Å². The number of hydrogen-bond acceptors (Lipinski definition) is 2. The summed E-state index contributed by atoms with van der Waals surface area (Å²) in [6, 6.07) is 0. The van der Waals surface area contributed by atoms with Crippen molar-refractivity contribution in [3.8, 4) is 0 Å². The Balaban J connectivity index is 1.55. The Morgan fingerprint density at radius 2 is 1.83 bits per heavy atom. The topological polar surface area (TPSA) is 37.3 Å². The van der Waals surface area contributed by atoms with E-state index in [2.05, 4.69) is 6.92 Å². The van der Waals surface area contributed by atoms with Crippen molar-refractivity contribution in [1.82, 2.24) is 0 Å². The van der Waals surface area contributed by atoms with E-state index in [-0.39, 0.29) is 22.3 Å². The highest BCUT2D eigenvalue weighted by Crippen LogP contribution is 2.90. The Bertz CT molecular complexity index is 590. The molecule has 0 aliphatic heterocycles. The van der Waals surface area contributed by atoms with E-state index in [0.717, 1.165) is 44.9 Å². The predicted molar refractivity (Wildman–Crippen MR) is 90.4 cm³/mol. The SMILES string of the molecule is C[C@]12CC[C@H]3[C@@H](CC[C@@]45CC(=O)CC[C@@]34C5(Cl)Cl)[C@@H]1CC[C@@H]2O. The highest BCUT2D eigenvalue weighted by atomic mass is 35.5. The van der Waals surface area contributed by atoms with E-state index in [1.54, 1.807) is 0 Å². The van der Waals surface area contributed by atoms with Crippen LogP contribution in [0, 0.1) is 34.0 Å². The van der Waals surface area contributed by atoms with Crippen LogP contribution in [0.5, 0.6) is 0 Å². The summed E-state index contributed by atoms with van der Waals surface area (Å²) >= 11 is 13.8. The molecule has 0 saturated heterocycles. The third kappa shape index (κ3) is 1.45. The van der Waals surface area contributed by atoms with Gasteiger partial charge in [0.1, 0.15) is 10.1 Å². The Hall–Kier alpha value is 0.210. The van der Waals surface area contributed by atoms with Gasteiger partial charge < -0.3 is 5.11 Å². The van der Waals surface area contributed by atoms with Gasteiger partial charge in [-0.2, -0.15) is 0 Å². The van der Waals surface area contributed by atoms with Crippen LogP contribution in [0.15, 0.2) is 0 Å². The van der Waals surface area contributed by atoms with E-state index >= 15 is 0 Å². The Labute approximate surface area is 148 Å². The molecule has 0 spiro atoms. The zero-order chi connectivity index (χ0) is 16.3. The standard InChI is InChI=1S/C19H26Cl2O2/c1-16-7-6-14-12(13(16)2-3-15(16)23)5-8-17-10-11(22)4-9-18(14,17)19(17,20)21/h12-15,23H,2-10H2,1H3/t12-,13-,14-,15-,16-,17+,18+/m0/s1. The maximum absolute atomic E-state index is 12.1. The molecule has 0 aromatic rings. The minimum atomic E-state index is -0.698. The van der Waals surface area contributed by atoms with Gasteiger partial charge in [0, 0.05) is 23.7 Å². The van der Waals surface area contributed by atoms with Gasteiger partial charge >= 0.3 is 0 Å². The minimum absolute atomic E-state index is 0.0190. The number of alkyl halides is 2. The maximum atomic E-state index is 12.1. The molecular formula is C19H26Cl2O2. The first-order valence-corrected chi connectivity index (χ1v) is 10.1. The fourth-order valence-corrected chi connectivity index (χ4v) is 9.45. The number of carbonyl (C=O) groups is 1. The molecule has 23 heavy (non-hydrogen) atoms. The fraction of sp³-hybridized carbons (Fsp3) is 0.947. The lowest BCUT2D eigenvalue weighted by molar-refractivity contribution is -0.128. The van der Waals surface area contributed by atoms with Crippen LogP contribution < -0.4 is 0 Å². The number of ketones is 1. The van der Waals surface area contributed by atoms with Crippen molar-refractivity contribution in [2.75, 3.05) is 0 Å². The quantitative estimate of drug-likeness (QED) is 0.649. The summed E-state index contributed by atoms with van der Waals surface area (Å²) < 4.78 is -0.698. The maximum Gasteiger partial charge on any atom is 0.133 e. The second-order valence-corrected chi connectivity index (χ2v) is 10.7. The zero-order valence-electron chi connectivity index (χ0n) is 13.8. The molecule has 5 aliphatic rings. The summed E-state index contributed by atoms with van der Waals surface area (Å²) in [4.78, 5) is 12.1. The number of Topliss-reactive ketones (excluding diaryl/α,β-unsaturated/α-hetero) is 1. The fourth-order valence-electron chi connectivity index (χ4n) is 8.05. The number of hydrogen-bond donors (Lipinski definition) is 1. The molecule has 7 atom stereocenters. The molecule has 128 valence electrons. The number of halogens is 2. The van der Waals surface area contributed by atoms with E-state index in [1.807, 2.05) is 0 Å². The zero-order valence-corrected chi connectivity index (χ0v) is 15.3. The van der Waals surface area contributed by atoms with Crippen molar-refractivity contribution in [1.29, 1.82) is 0 Å². The van der Waals surface area contributed by atoms with E-state index in [9.17, 15) is 9.90 Å². The summed E-state index contributed by atoms with van der Waals surface area (Å²) in [7, 11) is 0. The molecule has 5 rings (SSSR count). The lowest BCUT2D eigenvalue weighted by Gasteiger charge is -2.54. The van der Waals surface area contributed by atoms with Crippen molar-refractivity contribution >= 4 is 29.0 Å². The van der Waals surface area contributed by atoms with Gasteiger partial charge in [-0.05, 0) is 68.1 Å². The molecule has 0 amide bonds. The third-order valence-electron chi connectivity index (χ3n) is 9.17. The highest BCUT2D eigenvalue weighted by molar-refractivity contribution is 6.52. The Morgan fingerprint density at radius 1 is 1.04 bits per heavy atom. The number of aliphatic hydroxyl groups excluding tert-OH is 1. The van der Waals surface area contributed by atoms with E-state index in [1.165, 1.54) is 0 Å². The smallest absolute Gasteiger partial charge is 0.133 e. The summed E-state index contributed by atoms with van der Waals surface area (Å²) in [5.41, 5.74) is -0.0577. The molecule has 0 bridgehead atoms. The van der Waals surface area contributed by atoms with E-state index < -0.39 is 4.33 Å². The monoisotopic (exact) mass is 356 g/mol. The van der Waals surface area contributed by atoms with Crippen LogP contribution in [0.25, 0.3) is 0 Å². The van der Waals surface area contributed by atoms with Gasteiger partial charge in [0.2, 0.25) is 0 Å². The first kappa shape index (κ1) is 15.5. The van der Waals surface area contributed by atoms with Crippen molar-refractivity contribution in [2.45, 2.75) is 75.1 Å². The van der Waals surface area contributed by atoms with Crippen LogP contribution in [0.4, 0.5) is 0 Å². The molecule has 0 radical (unpaired) electrons. The summed E-state index contributed by atoms with van der Waals surface area (Å²) in [6.45, 7) is 2.30. The third-order valence-corrected chi connectivity index (χ3v) is 10.6. The average molecular weight is 357 g/mol. The van der Waals surface area contributed by atoms with E-state index in [0.29, 0.717) is 36.4 Å². The second-order valence-electron chi connectivity index (χ2n) is 9.40. The largest absolute Gasteiger partial charge is 0.393 e. The molecule has 0 heterocycles. The van der Waals surface area contributed by atoms with Crippen molar-refractivity contribution in [2.24, 2.45) is 34.0 Å². The van der Waals surface area contributed by atoms with Gasteiger partial charge in [0.05, 0.1) is 6.10 Å². The van der Waals surface area contributed by atoms with Crippen LogP contribution in [0.1, 0.15) is 64.7 Å². The predicted octanol–water partition coefficient (Wildman–Crippen LogP) is 4.50. The lowest BCUT2D eigenvalue weighted by Crippen LogP contribution is -2.49. The minimum Gasteiger partial charge on any atom is -0.393 e. The second kappa shape index (κ2) is 4.30. The highest BCUT2D eigenvalue weighted by Gasteiger charge is 2.90. The molecule has 4 heteroatoms. The Morgan fingerprint density at radius 3 is 2.61 bits per heavy atom. The normalized spacial score (nSPS) is 59.6. The lowest BCUT2D eigenvalue weighted by atomic mass is 9.50. The van der Waals surface area contributed by atoms with Crippen molar-refractivity contribution in [3.05, 3.63) is 0 Å². The molecular weight excluding hydrogens is 331 g/mol. The number of rotatable bonds is 0. The molecule has 0 unspecified atom stereocenters. The number of fused-ring (bicyclic) bond motifs is 3. The molecule has 2 nitrogen and oxygen atoms in total. The number of carbonyl (C=O) groups excluding carboxylic acids is 1. The summed E-state index contributed by atoms with van der Waals surface area (Å²) in [5, 5.41) is 10.5. The molecule has 5 saturated carbocycles.